The van der Waals surface area contributed by atoms with Gasteiger partial charge in [-0.15, -0.1) is 0 Å². The van der Waals surface area contributed by atoms with Crippen molar-refractivity contribution < 1.29 is 9.90 Å². The molecule has 0 aliphatic rings. The van der Waals surface area contributed by atoms with Crippen LogP contribution in [0.4, 0.5) is 5.82 Å². The maximum Gasteiger partial charge on any atom is 0.335 e. The number of rotatable bonds is 8. The van der Waals surface area contributed by atoms with Crippen LogP contribution in [0.15, 0.2) is 35.5 Å². The van der Waals surface area contributed by atoms with Crippen LogP contribution in [0, 0.1) is 0 Å². The monoisotopic (exact) mass is 345 g/mol. The molecule has 0 saturated heterocycles. The Morgan fingerprint density at radius 3 is 2.50 bits per heavy atom. The van der Waals surface area contributed by atoms with E-state index in [9.17, 15) is 4.79 Å². The van der Waals surface area contributed by atoms with Crippen LogP contribution < -0.4 is 4.90 Å². The highest BCUT2D eigenvalue weighted by Gasteiger charge is 2.09. The van der Waals surface area contributed by atoms with Gasteiger partial charge in [-0.05, 0) is 30.5 Å². The summed E-state index contributed by atoms with van der Waals surface area (Å²) in [6.45, 7) is 5.20. The summed E-state index contributed by atoms with van der Waals surface area (Å²) in [6.07, 6.45) is 1.94. The van der Waals surface area contributed by atoms with E-state index in [4.69, 9.17) is 5.11 Å². The third-order valence-corrected chi connectivity index (χ3v) is 4.54. The molecule has 0 saturated carbocycles. The van der Waals surface area contributed by atoms with Crippen molar-refractivity contribution >= 4 is 23.5 Å². The topological polar surface area (TPSA) is 66.3 Å². The molecule has 1 heterocycles. The molecule has 0 unspecified atom stereocenters. The van der Waals surface area contributed by atoms with E-state index in [1.54, 1.807) is 23.9 Å². The van der Waals surface area contributed by atoms with Gasteiger partial charge in [-0.1, -0.05) is 37.7 Å². The average molecular weight is 345 g/mol. The van der Waals surface area contributed by atoms with Gasteiger partial charge in [0.15, 0.2) is 5.16 Å². The van der Waals surface area contributed by atoms with Crippen molar-refractivity contribution in [3.63, 3.8) is 0 Å². The van der Waals surface area contributed by atoms with Crippen LogP contribution in [0.2, 0.25) is 0 Å². The molecule has 2 aromatic rings. The van der Waals surface area contributed by atoms with Gasteiger partial charge in [-0.25, -0.2) is 14.8 Å². The van der Waals surface area contributed by atoms with Gasteiger partial charge in [-0.2, -0.15) is 0 Å². The summed E-state index contributed by atoms with van der Waals surface area (Å²) in [4.78, 5) is 22.3. The minimum atomic E-state index is -0.906. The molecular weight excluding hydrogens is 322 g/mol. The fraction of sp³-hybridized carbons (Fsp3) is 0.389. The van der Waals surface area contributed by atoms with Crippen molar-refractivity contribution in [3.05, 3.63) is 47.2 Å². The molecule has 0 bridgehead atoms. The number of thioether (sulfide) groups is 1. The summed E-state index contributed by atoms with van der Waals surface area (Å²) in [5, 5.41) is 9.70. The Bertz CT molecular complexity index is 689. The summed E-state index contributed by atoms with van der Waals surface area (Å²) < 4.78 is 0. The van der Waals surface area contributed by atoms with E-state index < -0.39 is 5.97 Å². The minimum Gasteiger partial charge on any atom is -0.478 e. The molecular formula is C18H23N3O2S. The molecule has 0 aliphatic carbocycles. The van der Waals surface area contributed by atoms with E-state index in [0.29, 0.717) is 11.3 Å². The van der Waals surface area contributed by atoms with Gasteiger partial charge >= 0.3 is 5.97 Å². The van der Waals surface area contributed by atoms with Gasteiger partial charge in [0.25, 0.3) is 0 Å². The molecule has 0 atom stereocenters. The fourth-order valence-corrected chi connectivity index (χ4v) is 3.07. The fourth-order valence-electron chi connectivity index (χ4n) is 2.24. The third kappa shape index (κ3) is 4.96. The lowest BCUT2D eigenvalue weighted by molar-refractivity contribution is 0.0697. The number of aromatic carboxylic acids is 1. The Morgan fingerprint density at radius 1 is 1.21 bits per heavy atom. The number of carboxylic acids is 1. The molecule has 6 heteroatoms. The average Bonchev–Trinajstić information content (AvgIpc) is 2.60. The number of hydrogen-bond acceptors (Lipinski definition) is 5. The lowest BCUT2D eigenvalue weighted by Crippen LogP contribution is -2.19. The van der Waals surface area contributed by atoms with E-state index in [2.05, 4.69) is 28.7 Å². The molecule has 128 valence electrons. The summed E-state index contributed by atoms with van der Waals surface area (Å²) in [7, 11) is 2.05. The largest absolute Gasteiger partial charge is 0.478 e. The van der Waals surface area contributed by atoms with Crippen LogP contribution in [0.3, 0.4) is 0 Å². The van der Waals surface area contributed by atoms with Gasteiger partial charge in [-0.3, -0.25) is 0 Å². The number of benzene rings is 1. The highest BCUT2D eigenvalue weighted by molar-refractivity contribution is 7.98. The van der Waals surface area contributed by atoms with Gasteiger partial charge in [0.1, 0.15) is 5.82 Å². The number of nitrogens with zero attached hydrogens (tertiary/aromatic N) is 3. The number of aromatic nitrogens is 2. The Balaban J connectivity index is 2.10. The van der Waals surface area contributed by atoms with Crippen molar-refractivity contribution in [1.29, 1.82) is 0 Å². The number of aryl methyl sites for hydroxylation is 1. The van der Waals surface area contributed by atoms with E-state index in [0.717, 1.165) is 41.6 Å². The minimum absolute atomic E-state index is 0.302. The van der Waals surface area contributed by atoms with Crippen molar-refractivity contribution in [2.24, 2.45) is 0 Å². The maximum absolute atomic E-state index is 10.9. The lowest BCUT2D eigenvalue weighted by atomic mass is 10.1. The van der Waals surface area contributed by atoms with E-state index in [1.165, 1.54) is 0 Å². The molecule has 2 rings (SSSR count). The maximum atomic E-state index is 10.9. The van der Waals surface area contributed by atoms with Gasteiger partial charge in [0.05, 0.1) is 5.56 Å². The smallest absolute Gasteiger partial charge is 0.335 e. The highest BCUT2D eigenvalue weighted by atomic mass is 32.2. The first-order valence-electron chi connectivity index (χ1n) is 8.07. The first kappa shape index (κ1) is 18.3. The number of carboxylic acid groups (broad SMARTS) is 1. The van der Waals surface area contributed by atoms with E-state index >= 15 is 0 Å². The Morgan fingerprint density at radius 2 is 1.92 bits per heavy atom. The molecule has 1 aromatic heterocycles. The lowest BCUT2D eigenvalue weighted by Gasteiger charge is -2.18. The predicted molar refractivity (Wildman–Crippen MR) is 97.9 cm³/mol. The van der Waals surface area contributed by atoms with Crippen LogP contribution in [0.25, 0.3) is 0 Å². The number of carbonyl (C=O) groups is 1. The first-order chi connectivity index (χ1) is 11.5. The molecule has 1 aromatic carbocycles. The zero-order valence-corrected chi connectivity index (χ0v) is 15.1. The van der Waals surface area contributed by atoms with Crippen LogP contribution in [0.1, 0.15) is 41.9 Å². The summed E-state index contributed by atoms with van der Waals surface area (Å²) in [5.41, 5.74) is 2.39. The molecule has 5 nitrogen and oxygen atoms in total. The summed E-state index contributed by atoms with van der Waals surface area (Å²) in [5.74, 6) is 0.758. The predicted octanol–water partition coefficient (Wildman–Crippen LogP) is 3.88. The Hall–Kier alpha value is -2.08. The van der Waals surface area contributed by atoms with Crippen LogP contribution >= 0.6 is 11.8 Å². The third-order valence-electron chi connectivity index (χ3n) is 3.63. The van der Waals surface area contributed by atoms with E-state index in [1.807, 2.05) is 25.2 Å². The molecule has 0 aliphatic heterocycles. The summed E-state index contributed by atoms with van der Waals surface area (Å²) >= 11 is 1.57. The standard InChI is InChI=1S/C18H23N3O2S/c1-4-10-21(3)16-11-15(5-2)19-18(20-16)24-12-13-6-8-14(9-7-13)17(22)23/h6-9,11H,4-5,10,12H2,1-3H3,(H,22,23). The van der Waals surface area contributed by atoms with Crippen molar-refractivity contribution in [1.82, 2.24) is 9.97 Å². The number of hydrogen-bond donors (Lipinski definition) is 1. The molecule has 0 fully saturated rings. The van der Waals surface area contributed by atoms with Gasteiger partial charge in [0, 0.05) is 31.1 Å². The van der Waals surface area contributed by atoms with Crippen LogP contribution in [-0.4, -0.2) is 34.6 Å². The van der Waals surface area contributed by atoms with Crippen LogP contribution in [-0.2, 0) is 12.2 Å². The van der Waals surface area contributed by atoms with Crippen molar-refractivity contribution in [3.8, 4) is 0 Å². The van der Waals surface area contributed by atoms with Crippen LogP contribution in [0.5, 0.6) is 0 Å². The Kier molecular flexibility index (Phi) is 6.61. The molecule has 0 amide bonds. The summed E-state index contributed by atoms with van der Waals surface area (Å²) in [6, 6.07) is 8.97. The van der Waals surface area contributed by atoms with Gasteiger partial charge < -0.3 is 10.0 Å². The SMILES string of the molecule is CCCN(C)c1cc(CC)nc(SCc2ccc(C(=O)O)cc2)n1. The number of anilines is 1. The van der Waals surface area contributed by atoms with Crippen molar-refractivity contribution in [2.45, 2.75) is 37.6 Å². The first-order valence-corrected chi connectivity index (χ1v) is 9.06. The second-order valence-corrected chi connectivity index (χ2v) is 6.51. The van der Waals surface area contributed by atoms with Crippen molar-refractivity contribution in [2.75, 3.05) is 18.5 Å². The normalized spacial score (nSPS) is 10.6. The molecule has 0 radical (unpaired) electrons. The van der Waals surface area contributed by atoms with E-state index in [-0.39, 0.29) is 0 Å². The molecule has 1 N–H and O–H groups in total. The zero-order valence-electron chi connectivity index (χ0n) is 14.3. The Labute approximate surface area is 147 Å². The quantitative estimate of drug-likeness (QED) is 0.578. The second-order valence-electron chi connectivity index (χ2n) is 5.57. The zero-order chi connectivity index (χ0) is 17.5. The second kappa shape index (κ2) is 8.68. The highest BCUT2D eigenvalue weighted by Crippen LogP contribution is 2.23. The molecule has 24 heavy (non-hydrogen) atoms. The van der Waals surface area contributed by atoms with Gasteiger partial charge in [0.2, 0.25) is 0 Å². The molecule has 0 spiro atoms.